The first kappa shape index (κ1) is 23.7. The Morgan fingerprint density at radius 2 is 1.78 bits per heavy atom. The number of fused-ring (bicyclic) bond motifs is 4. The lowest BCUT2D eigenvalue weighted by atomic mass is 9.89. The number of aromatic amines is 1. The largest absolute Gasteiger partial charge is 0.497 e. The summed E-state index contributed by atoms with van der Waals surface area (Å²) in [6.07, 6.45) is 0.522. The van der Waals surface area contributed by atoms with Gasteiger partial charge in [0, 0.05) is 27.5 Å². The van der Waals surface area contributed by atoms with Crippen molar-refractivity contribution in [2.75, 3.05) is 19.1 Å². The van der Waals surface area contributed by atoms with E-state index >= 15 is 0 Å². The predicted octanol–water partition coefficient (Wildman–Crippen LogP) is 5.37. The van der Waals surface area contributed by atoms with Gasteiger partial charge in [-0.2, -0.15) is 0 Å². The first-order valence-electron chi connectivity index (χ1n) is 11.7. The van der Waals surface area contributed by atoms with E-state index in [2.05, 4.69) is 27.0 Å². The van der Waals surface area contributed by atoms with E-state index in [1.807, 2.05) is 41.3 Å². The Morgan fingerprint density at radius 1 is 1.05 bits per heavy atom. The minimum Gasteiger partial charge on any atom is -0.497 e. The lowest BCUT2D eigenvalue weighted by Gasteiger charge is -2.37. The van der Waals surface area contributed by atoms with Crippen LogP contribution in [0.2, 0.25) is 0 Å². The van der Waals surface area contributed by atoms with Crippen LogP contribution in [-0.4, -0.2) is 47.1 Å². The van der Waals surface area contributed by atoms with Crippen LogP contribution in [-0.2, 0) is 16.0 Å². The number of halogens is 1. The molecule has 3 aromatic carbocycles. The number of anilines is 1. The van der Waals surface area contributed by atoms with Crippen molar-refractivity contribution in [2.45, 2.75) is 18.5 Å². The Hall–Kier alpha value is -3.69. The molecule has 37 heavy (non-hydrogen) atoms. The maximum Gasteiger partial charge on any atom is 0.337 e. The molecule has 0 aliphatic carbocycles. The number of hydrogen-bond donors (Lipinski definition) is 1. The highest BCUT2D eigenvalue weighted by atomic mass is 79.9. The number of nitrogens with zero attached hydrogens (tertiary/aromatic N) is 2. The highest BCUT2D eigenvalue weighted by molar-refractivity contribution is 9.10. The molecule has 2 atom stereocenters. The van der Waals surface area contributed by atoms with Gasteiger partial charge >= 0.3 is 5.97 Å². The van der Waals surface area contributed by atoms with E-state index in [-0.39, 0.29) is 11.9 Å². The first-order valence-corrected chi connectivity index (χ1v) is 12.9. The number of carbonyl (C=O) groups is 2. The van der Waals surface area contributed by atoms with Crippen molar-refractivity contribution in [3.63, 3.8) is 0 Å². The fraction of sp³-hybridized carbons (Fsp3) is 0.179. The summed E-state index contributed by atoms with van der Waals surface area (Å²) in [5.74, 6) is 0.226. The molecule has 2 unspecified atom stereocenters. The summed E-state index contributed by atoms with van der Waals surface area (Å²) in [7, 11) is 2.97. The van der Waals surface area contributed by atoms with Gasteiger partial charge in [0.05, 0.1) is 31.5 Å². The molecule has 1 saturated heterocycles. The Balaban J connectivity index is 1.48. The van der Waals surface area contributed by atoms with E-state index in [9.17, 15) is 9.59 Å². The van der Waals surface area contributed by atoms with Crippen LogP contribution in [0.4, 0.5) is 5.69 Å². The molecule has 0 radical (unpaired) electrons. The number of amides is 1. The molecular weight excluding hydrogens is 554 g/mol. The maximum absolute atomic E-state index is 13.9. The highest BCUT2D eigenvalue weighted by Gasteiger charge is 2.51. The molecular formula is C28H22BrN3O4S. The number of ether oxygens (including phenoxy) is 2. The number of H-pyrrole nitrogens is 1. The van der Waals surface area contributed by atoms with E-state index in [4.69, 9.17) is 21.7 Å². The third-order valence-electron chi connectivity index (χ3n) is 7.08. The number of hydrogen-bond acceptors (Lipinski definition) is 5. The molecule has 1 fully saturated rings. The van der Waals surface area contributed by atoms with Crippen LogP contribution < -0.4 is 9.64 Å². The molecule has 7 nitrogen and oxygen atoms in total. The molecule has 3 heterocycles. The van der Waals surface area contributed by atoms with E-state index in [0.717, 1.165) is 37.9 Å². The lowest BCUT2D eigenvalue weighted by molar-refractivity contribution is -0.120. The summed E-state index contributed by atoms with van der Waals surface area (Å²) in [5, 5.41) is 1.51. The number of methoxy groups -OCH3 is 2. The van der Waals surface area contributed by atoms with Crippen LogP contribution in [0.25, 0.3) is 10.9 Å². The van der Waals surface area contributed by atoms with E-state index < -0.39 is 12.0 Å². The molecule has 4 aromatic rings. The van der Waals surface area contributed by atoms with Crippen molar-refractivity contribution in [1.82, 2.24) is 9.88 Å². The van der Waals surface area contributed by atoms with E-state index in [0.29, 0.717) is 22.8 Å². The minimum atomic E-state index is -0.467. The molecule has 9 heteroatoms. The fourth-order valence-electron chi connectivity index (χ4n) is 5.33. The molecule has 0 saturated carbocycles. The molecule has 0 bridgehead atoms. The normalized spacial score (nSPS) is 18.7. The third kappa shape index (κ3) is 3.72. The number of benzene rings is 3. The second-order valence-corrected chi connectivity index (χ2v) is 10.3. The van der Waals surface area contributed by atoms with Crippen molar-refractivity contribution < 1.29 is 19.1 Å². The van der Waals surface area contributed by atoms with Crippen LogP contribution in [0.15, 0.2) is 71.2 Å². The number of nitrogens with one attached hydrogen (secondary N) is 1. The molecule has 6 rings (SSSR count). The molecule has 186 valence electrons. The summed E-state index contributed by atoms with van der Waals surface area (Å²) in [6, 6.07) is 20.0. The van der Waals surface area contributed by atoms with Gasteiger partial charge in [0.25, 0.3) is 5.91 Å². The SMILES string of the molecule is COC(=O)c1ccc(N2C(=O)C3Cc4c([nH]c5ccc(Br)cc45)C(c4ccc(OC)cc4)N3C2=S)cc1. The Morgan fingerprint density at radius 3 is 2.46 bits per heavy atom. The molecule has 2 aliphatic heterocycles. The number of carbonyl (C=O) groups excluding carboxylic acids is 2. The van der Waals surface area contributed by atoms with Gasteiger partial charge in [-0.25, -0.2) is 4.79 Å². The zero-order chi connectivity index (χ0) is 25.8. The van der Waals surface area contributed by atoms with Crippen LogP contribution in [0, 0.1) is 0 Å². The standard InChI is InChI=1S/C28H22BrN3O4S/c1-35-19-10-5-15(6-11-19)25-24-21(20-13-17(29)7-12-22(20)30-24)14-23-26(33)31(28(37)32(23)25)18-8-3-16(4-9-18)27(34)36-2/h3-13,23,25,30H,14H2,1-2H3. The van der Waals surface area contributed by atoms with Crippen molar-refractivity contribution in [3.05, 3.63) is 93.6 Å². The first-order chi connectivity index (χ1) is 17.9. The molecule has 0 spiro atoms. The van der Waals surface area contributed by atoms with Crippen LogP contribution in [0.5, 0.6) is 5.75 Å². The molecule has 1 aromatic heterocycles. The van der Waals surface area contributed by atoms with E-state index in [1.165, 1.54) is 7.11 Å². The van der Waals surface area contributed by atoms with Gasteiger partial charge in [0.1, 0.15) is 11.8 Å². The van der Waals surface area contributed by atoms with Crippen molar-refractivity contribution >= 4 is 61.7 Å². The van der Waals surface area contributed by atoms with Gasteiger partial charge in [0.15, 0.2) is 5.11 Å². The summed E-state index contributed by atoms with van der Waals surface area (Å²) in [5.41, 5.74) is 5.16. The predicted molar refractivity (Wildman–Crippen MR) is 148 cm³/mol. The maximum atomic E-state index is 13.9. The van der Waals surface area contributed by atoms with Crippen LogP contribution in [0.1, 0.15) is 33.2 Å². The molecule has 1 N–H and O–H groups in total. The monoisotopic (exact) mass is 575 g/mol. The minimum absolute atomic E-state index is 0.0932. The second kappa shape index (κ2) is 9.00. The smallest absolute Gasteiger partial charge is 0.337 e. The summed E-state index contributed by atoms with van der Waals surface area (Å²) in [6.45, 7) is 0. The third-order valence-corrected chi connectivity index (χ3v) is 7.97. The number of esters is 1. The van der Waals surface area contributed by atoms with Gasteiger partial charge in [-0.1, -0.05) is 28.1 Å². The van der Waals surface area contributed by atoms with Crippen molar-refractivity contribution in [2.24, 2.45) is 0 Å². The summed E-state index contributed by atoms with van der Waals surface area (Å²) >= 11 is 9.55. The lowest BCUT2D eigenvalue weighted by Crippen LogP contribution is -2.44. The number of rotatable bonds is 4. The quantitative estimate of drug-likeness (QED) is 0.260. The van der Waals surface area contributed by atoms with Crippen molar-refractivity contribution in [3.8, 4) is 5.75 Å². The summed E-state index contributed by atoms with van der Waals surface area (Å²) < 4.78 is 11.2. The summed E-state index contributed by atoms with van der Waals surface area (Å²) in [4.78, 5) is 33.0. The highest BCUT2D eigenvalue weighted by Crippen LogP contribution is 2.45. The van der Waals surface area contributed by atoms with Gasteiger partial charge in [-0.05, 0) is 77.9 Å². The fourth-order valence-corrected chi connectivity index (χ4v) is 6.12. The molecule has 2 aliphatic rings. The van der Waals surface area contributed by atoms with Gasteiger partial charge in [0.2, 0.25) is 0 Å². The average Bonchev–Trinajstić information content (AvgIpc) is 3.41. The average molecular weight is 576 g/mol. The Bertz CT molecular complexity index is 1570. The van der Waals surface area contributed by atoms with Gasteiger partial charge in [-0.3, -0.25) is 9.69 Å². The zero-order valence-electron chi connectivity index (χ0n) is 20.0. The van der Waals surface area contributed by atoms with Crippen LogP contribution >= 0.6 is 28.1 Å². The Labute approximate surface area is 227 Å². The van der Waals surface area contributed by atoms with Gasteiger partial charge in [-0.15, -0.1) is 0 Å². The van der Waals surface area contributed by atoms with Crippen molar-refractivity contribution in [1.29, 1.82) is 0 Å². The van der Waals surface area contributed by atoms with Gasteiger partial charge < -0.3 is 19.4 Å². The molecule has 1 amide bonds. The second-order valence-electron chi connectivity index (χ2n) is 9.00. The topological polar surface area (TPSA) is 74.9 Å². The Kier molecular flexibility index (Phi) is 5.77. The number of thiocarbonyl (C=S) groups is 1. The van der Waals surface area contributed by atoms with E-state index in [1.54, 1.807) is 36.3 Å². The zero-order valence-corrected chi connectivity index (χ0v) is 22.4. The van der Waals surface area contributed by atoms with Crippen LogP contribution in [0.3, 0.4) is 0 Å². The number of aromatic nitrogens is 1.